The van der Waals surface area contributed by atoms with E-state index in [1.807, 2.05) is 0 Å². The average molecular weight is 256 g/mol. The molecule has 1 unspecified atom stereocenters. The molecule has 1 atom stereocenters. The Morgan fingerprint density at radius 2 is 2.29 bits per heavy atom. The van der Waals surface area contributed by atoms with Crippen LogP contribution in [-0.4, -0.2) is 23.6 Å². The number of nitrogens with one attached hydrogen (secondary N) is 1. The van der Waals surface area contributed by atoms with Crippen LogP contribution < -0.4 is 5.32 Å². The summed E-state index contributed by atoms with van der Waals surface area (Å²) in [5.41, 5.74) is 0.394. The predicted octanol–water partition coefficient (Wildman–Crippen LogP) is 3.31. The number of nitrogens with zero attached hydrogens (tertiary/aromatic N) is 1. The first-order valence-corrected chi connectivity index (χ1v) is 6.98. The Bertz CT molecular complexity index is 352. The highest BCUT2D eigenvalue weighted by Crippen LogP contribution is 2.19. The van der Waals surface area contributed by atoms with E-state index in [-0.39, 0.29) is 5.97 Å². The minimum atomic E-state index is -0.347. The van der Waals surface area contributed by atoms with Gasteiger partial charge in [-0.05, 0) is 19.8 Å². The van der Waals surface area contributed by atoms with E-state index in [2.05, 4.69) is 24.1 Å². The molecule has 17 heavy (non-hydrogen) atoms. The summed E-state index contributed by atoms with van der Waals surface area (Å²) in [7, 11) is 0. The second-order valence-corrected chi connectivity index (χ2v) is 4.65. The zero-order chi connectivity index (χ0) is 12.7. The summed E-state index contributed by atoms with van der Waals surface area (Å²) in [5, 5.41) is 5.88. The monoisotopic (exact) mass is 256 g/mol. The van der Waals surface area contributed by atoms with Crippen molar-refractivity contribution in [3.8, 4) is 0 Å². The molecule has 0 aliphatic rings. The standard InChI is InChI=1S/C12H20N2O2S/c1-4-7-9(5-2)13-12-14-10(8-17-12)11(15)16-6-3/h8-9H,4-7H2,1-3H3,(H,13,14). The molecule has 0 radical (unpaired) electrons. The predicted molar refractivity (Wildman–Crippen MR) is 70.7 cm³/mol. The maximum absolute atomic E-state index is 11.4. The summed E-state index contributed by atoms with van der Waals surface area (Å²) in [6, 6.07) is 0.432. The van der Waals surface area contributed by atoms with Gasteiger partial charge in [-0.15, -0.1) is 11.3 Å². The zero-order valence-corrected chi connectivity index (χ0v) is 11.5. The maximum Gasteiger partial charge on any atom is 0.357 e. The van der Waals surface area contributed by atoms with Crippen LogP contribution in [0.1, 0.15) is 50.5 Å². The smallest absolute Gasteiger partial charge is 0.357 e. The maximum atomic E-state index is 11.4. The molecule has 1 heterocycles. The van der Waals surface area contributed by atoms with E-state index in [1.54, 1.807) is 12.3 Å². The third-order valence-electron chi connectivity index (χ3n) is 2.45. The first-order valence-electron chi connectivity index (χ1n) is 6.10. The molecule has 1 rings (SSSR count). The number of hydrogen-bond donors (Lipinski definition) is 1. The molecule has 5 heteroatoms. The molecular formula is C12H20N2O2S. The van der Waals surface area contributed by atoms with Crippen LogP contribution in [0.4, 0.5) is 5.13 Å². The van der Waals surface area contributed by atoms with Gasteiger partial charge >= 0.3 is 5.97 Å². The Morgan fingerprint density at radius 1 is 1.53 bits per heavy atom. The number of carbonyl (C=O) groups is 1. The van der Waals surface area contributed by atoms with Crippen molar-refractivity contribution in [2.24, 2.45) is 0 Å². The van der Waals surface area contributed by atoms with E-state index in [0.29, 0.717) is 18.3 Å². The third-order valence-corrected chi connectivity index (χ3v) is 3.22. The quantitative estimate of drug-likeness (QED) is 0.760. The molecule has 0 aromatic carbocycles. The molecular weight excluding hydrogens is 236 g/mol. The van der Waals surface area contributed by atoms with Gasteiger partial charge in [-0.2, -0.15) is 0 Å². The van der Waals surface area contributed by atoms with Crippen molar-refractivity contribution in [3.05, 3.63) is 11.1 Å². The highest BCUT2D eigenvalue weighted by molar-refractivity contribution is 7.13. The number of carbonyl (C=O) groups excluding carboxylic acids is 1. The number of rotatable bonds is 7. The third kappa shape index (κ3) is 4.34. The number of aromatic nitrogens is 1. The lowest BCUT2D eigenvalue weighted by atomic mass is 10.1. The minimum Gasteiger partial charge on any atom is -0.461 e. The van der Waals surface area contributed by atoms with Crippen LogP contribution in [0.2, 0.25) is 0 Å². The van der Waals surface area contributed by atoms with Gasteiger partial charge in [0.15, 0.2) is 10.8 Å². The van der Waals surface area contributed by atoms with Crippen molar-refractivity contribution in [2.75, 3.05) is 11.9 Å². The molecule has 0 spiro atoms. The second kappa shape index (κ2) is 7.27. The van der Waals surface area contributed by atoms with Crippen LogP contribution in [0.5, 0.6) is 0 Å². The molecule has 96 valence electrons. The average Bonchev–Trinajstić information content (AvgIpc) is 2.77. The van der Waals surface area contributed by atoms with E-state index >= 15 is 0 Å². The van der Waals surface area contributed by atoms with Gasteiger partial charge in [0.2, 0.25) is 0 Å². The summed E-state index contributed by atoms with van der Waals surface area (Å²) in [6.07, 6.45) is 3.31. The number of thiazole rings is 1. The molecule has 1 N–H and O–H groups in total. The number of ether oxygens (including phenoxy) is 1. The van der Waals surface area contributed by atoms with Crippen LogP contribution in [0.15, 0.2) is 5.38 Å². The van der Waals surface area contributed by atoms with Crippen molar-refractivity contribution in [2.45, 2.75) is 46.1 Å². The zero-order valence-electron chi connectivity index (χ0n) is 10.7. The molecule has 0 aliphatic heterocycles. The van der Waals surface area contributed by atoms with Gasteiger partial charge in [0.25, 0.3) is 0 Å². The molecule has 0 saturated carbocycles. The highest BCUT2D eigenvalue weighted by atomic mass is 32.1. The van der Waals surface area contributed by atoms with Crippen molar-refractivity contribution in [3.63, 3.8) is 0 Å². The summed E-state index contributed by atoms with van der Waals surface area (Å²) in [5.74, 6) is -0.347. The molecule has 0 fully saturated rings. The topological polar surface area (TPSA) is 51.2 Å². The Morgan fingerprint density at radius 3 is 2.88 bits per heavy atom. The van der Waals surface area contributed by atoms with Crippen molar-refractivity contribution in [1.82, 2.24) is 4.98 Å². The Hall–Kier alpha value is -1.10. The van der Waals surface area contributed by atoms with Gasteiger partial charge in [-0.25, -0.2) is 9.78 Å². The normalized spacial score (nSPS) is 12.2. The molecule has 0 saturated heterocycles. The molecule has 0 bridgehead atoms. The summed E-state index contributed by atoms with van der Waals surface area (Å²) >= 11 is 1.45. The van der Waals surface area contributed by atoms with E-state index in [9.17, 15) is 4.79 Å². The fraction of sp³-hybridized carbons (Fsp3) is 0.667. The fourth-order valence-electron chi connectivity index (χ4n) is 1.54. The van der Waals surface area contributed by atoms with Crippen molar-refractivity contribution >= 4 is 22.4 Å². The Kier molecular flexibility index (Phi) is 5.97. The first kappa shape index (κ1) is 14.0. The van der Waals surface area contributed by atoms with Gasteiger partial charge in [0.1, 0.15) is 0 Å². The van der Waals surface area contributed by atoms with Crippen molar-refractivity contribution < 1.29 is 9.53 Å². The number of hydrogen-bond acceptors (Lipinski definition) is 5. The lowest BCUT2D eigenvalue weighted by Gasteiger charge is -2.14. The molecule has 0 amide bonds. The summed E-state index contributed by atoms with van der Waals surface area (Å²) in [6.45, 7) is 6.48. The minimum absolute atomic E-state index is 0.347. The van der Waals surface area contributed by atoms with Gasteiger partial charge < -0.3 is 10.1 Å². The van der Waals surface area contributed by atoms with E-state index in [1.165, 1.54) is 11.3 Å². The number of anilines is 1. The number of esters is 1. The lowest BCUT2D eigenvalue weighted by molar-refractivity contribution is 0.0520. The van der Waals surface area contributed by atoms with Crippen LogP contribution >= 0.6 is 11.3 Å². The van der Waals surface area contributed by atoms with Crippen LogP contribution in [0.3, 0.4) is 0 Å². The van der Waals surface area contributed by atoms with E-state index in [4.69, 9.17) is 4.74 Å². The Labute approximate surface area is 106 Å². The van der Waals surface area contributed by atoms with E-state index in [0.717, 1.165) is 24.4 Å². The van der Waals surface area contributed by atoms with Gasteiger partial charge in [-0.3, -0.25) is 0 Å². The molecule has 1 aromatic heterocycles. The molecule has 0 aliphatic carbocycles. The van der Waals surface area contributed by atoms with Gasteiger partial charge in [-0.1, -0.05) is 20.3 Å². The van der Waals surface area contributed by atoms with Crippen LogP contribution in [0.25, 0.3) is 0 Å². The van der Waals surface area contributed by atoms with Crippen molar-refractivity contribution in [1.29, 1.82) is 0 Å². The van der Waals surface area contributed by atoms with Crippen LogP contribution in [0, 0.1) is 0 Å². The Balaban J connectivity index is 2.58. The largest absolute Gasteiger partial charge is 0.461 e. The lowest BCUT2D eigenvalue weighted by Crippen LogP contribution is -2.18. The second-order valence-electron chi connectivity index (χ2n) is 3.80. The molecule has 1 aromatic rings. The summed E-state index contributed by atoms with van der Waals surface area (Å²) in [4.78, 5) is 15.7. The fourth-order valence-corrected chi connectivity index (χ4v) is 2.30. The van der Waals surface area contributed by atoms with E-state index < -0.39 is 0 Å². The molecule has 4 nitrogen and oxygen atoms in total. The first-order chi connectivity index (χ1) is 8.21. The van der Waals surface area contributed by atoms with Gasteiger partial charge in [0, 0.05) is 11.4 Å². The SMILES string of the molecule is CCCC(CC)Nc1nc(C(=O)OCC)cs1. The highest BCUT2D eigenvalue weighted by Gasteiger charge is 2.13. The van der Waals surface area contributed by atoms with Gasteiger partial charge in [0.05, 0.1) is 6.61 Å². The summed E-state index contributed by atoms with van der Waals surface area (Å²) < 4.78 is 4.90. The van der Waals surface area contributed by atoms with Crippen LogP contribution in [-0.2, 0) is 4.74 Å².